The molecule has 6 heteroatoms. The lowest BCUT2D eigenvalue weighted by atomic mass is 9.69. The lowest BCUT2D eigenvalue weighted by Crippen LogP contribution is -2.33. The number of H-pyrrole nitrogens is 1. The van der Waals surface area contributed by atoms with Crippen molar-refractivity contribution in [2.45, 2.75) is 46.5 Å². The minimum Gasteiger partial charge on any atom is -0.342 e. The highest BCUT2D eigenvalue weighted by Crippen LogP contribution is 2.49. The van der Waals surface area contributed by atoms with Crippen LogP contribution in [0.1, 0.15) is 56.4 Å². The average Bonchev–Trinajstić information content (AvgIpc) is 2.93. The van der Waals surface area contributed by atoms with Crippen LogP contribution in [0.4, 0.5) is 11.5 Å². The minimum atomic E-state index is -0.148. The maximum atomic E-state index is 13.1. The number of rotatable bonds is 2. The molecule has 2 heterocycles. The van der Waals surface area contributed by atoms with Crippen molar-refractivity contribution in [2.24, 2.45) is 5.41 Å². The molecule has 1 aliphatic carbocycles. The van der Waals surface area contributed by atoms with Crippen molar-refractivity contribution in [3.8, 4) is 0 Å². The summed E-state index contributed by atoms with van der Waals surface area (Å²) in [6, 6.07) is 7.72. The normalized spacial score (nSPS) is 20.6. The van der Waals surface area contributed by atoms with Crippen LogP contribution in [-0.4, -0.2) is 21.9 Å². The van der Waals surface area contributed by atoms with Crippen LogP contribution < -0.4 is 10.6 Å². The van der Waals surface area contributed by atoms with Gasteiger partial charge >= 0.3 is 0 Å². The minimum absolute atomic E-state index is 0.0639. The van der Waals surface area contributed by atoms with E-state index in [4.69, 9.17) is 0 Å². The van der Waals surface area contributed by atoms with Gasteiger partial charge < -0.3 is 10.6 Å². The van der Waals surface area contributed by atoms with E-state index in [9.17, 15) is 9.59 Å². The number of Topliss-reactive ketones (excluding diaryl/α,β-unsaturated/α-hetero) is 1. The van der Waals surface area contributed by atoms with Gasteiger partial charge in [0, 0.05) is 47.5 Å². The van der Waals surface area contributed by atoms with E-state index in [1.165, 1.54) is 6.92 Å². The third-order valence-corrected chi connectivity index (χ3v) is 5.33. The Morgan fingerprint density at radius 1 is 1.22 bits per heavy atom. The van der Waals surface area contributed by atoms with Gasteiger partial charge in [-0.25, -0.2) is 0 Å². The number of aromatic amines is 1. The Labute approximate surface area is 158 Å². The van der Waals surface area contributed by atoms with Crippen LogP contribution in [0.2, 0.25) is 0 Å². The first-order valence-electron chi connectivity index (χ1n) is 9.21. The number of anilines is 2. The number of carbonyl (C=O) groups excluding carboxylic acids is 2. The molecular formula is C21H24N4O2. The predicted octanol–water partition coefficient (Wildman–Crippen LogP) is 3.88. The zero-order chi connectivity index (χ0) is 19.3. The summed E-state index contributed by atoms with van der Waals surface area (Å²) in [6.45, 7) is 7.72. The van der Waals surface area contributed by atoms with Crippen LogP contribution in [0.5, 0.6) is 0 Å². The van der Waals surface area contributed by atoms with E-state index >= 15 is 0 Å². The molecule has 1 aromatic carbocycles. The fourth-order valence-electron chi connectivity index (χ4n) is 4.25. The summed E-state index contributed by atoms with van der Waals surface area (Å²) >= 11 is 0. The number of benzene rings is 1. The maximum absolute atomic E-state index is 13.1. The molecule has 2 aromatic rings. The van der Waals surface area contributed by atoms with Gasteiger partial charge in [0.2, 0.25) is 5.91 Å². The number of carbonyl (C=O) groups is 2. The van der Waals surface area contributed by atoms with E-state index < -0.39 is 0 Å². The summed E-state index contributed by atoms with van der Waals surface area (Å²) in [5, 5.41) is 13.7. The number of ketones is 1. The van der Waals surface area contributed by atoms with Gasteiger partial charge in [0.1, 0.15) is 0 Å². The lowest BCUT2D eigenvalue weighted by molar-refractivity contribution is -0.118. The number of hydrogen-bond acceptors (Lipinski definition) is 4. The fraction of sp³-hybridized carbons (Fsp3) is 0.381. The van der Waals surface area contributed by atoms with Crippen LogP contribution in [0.25, 0.3) is 0 Å². The molecule has 3 N–H and O–H groups in total. The molecule has 6 nitrogen and oxygen atoms in total. The quantitative estimate of drug-likeness (QED) is 0.755. The molecule has 0 radical (unpaired) electrons. The van der Waals surface area contributed by atoms with Crippen molar-refractivity contribution in [2.75, 3.05) is 10.6 Å². The van der Waals surface area contributed by atoms with Gasteiger partial charge in [-0.1, -0.05) is 26.0 Å². The van der Waals surface area contributed by atoms with Crippen molar-refractivity contribution >= 4 is 23.2 Å². The summed E-state index contributed by atoms with van der Waals surface area (Å²) in [5.74, 6) is 0.737. The maximum Gasteiger partial charge on any atom is 0.221 e. The van der Waals surface area contributed by atoms with E-state index in [0.717, 1.165) is 46.0 Å². The summed E-state index contributed by atoms with van der Waals surface area (Å²) in [7, 11) is 0. The summed E-state index contributed by atoms with van der Waals surface area (Å²) in [4.78, 5) is 24.4. The molecular weight excluding hydrogens is 340 g/mol. The number of aryl methyl sites for hydroxylation is 1. The molecule has 0 fully saturated rings. The Bertz CT molecular complexity index is 967. The first kappa shape index (κ1) is 17.5. The third-order valence-electron chi connectivity index (χ3n) is 5.33. The second kappa shape index (κ2) is 6.08. The largest absolute Gasteiger partial charge is 0.342 e. The molecule has 0 unspecified atom stereocenters. The van der Waals surface area contributed by atoms with Crippen LogP contribution in [0.15, 0.2) is 35.5 Å². The Morgan fingerprint density at radius 3 is 2.59 bits per heavy atom. The van der Waals surface area contributed by atoms with Gasteiger partial charge in [0.25, 0.3) is 0 Å². The summed E-state index contributed by atoms with van der Waals surface area (Å²) < 4.78 is 0. The molecule has 4 rings (SSSR count). The Kier molecular flexibility index (Phi) is 3.94. The summed E-state index contributed by atoms with van der Waals surface area (Å²) in [6.07, 6.45) is 1.36. The highest BCUT2D eigenvalue weighted by Gasteiger charge is 2.42. The van der Waals surface area contributed by atoms with E-state index in [1.807, 2.05) is 31.2 Å². The van der Waals surface area contributed by atoms with Crippen molar-refractivity contribution in [3.05, 3.63) is 52.4 Å². The lowest BCUT2D eigenvalue weighted by Gasteiger charge is -2.38. The number of nitrogens with one attached hydrogen (secondary N) is 3. The molecule has 1 aliphatic heterocycles. The third kappa shape index (κ3) is 3.05. The van der Waals surface area contributed by atoms with E-state index in [2.05, 4.69) is 34.7 Å². The van der Waals surface area contributed by atoms with Gasteiger partial charge in [-0.2, -0.15) is 5.10 Å². The molecule has 1 aromatic heterocycles. The van der Waals surface area contributed by atoms with Gasteiger partial charge in [-0.15, -0.1) is 0 Å². The Morgan fingerprint density at radius 2 is 1.93 bits per heavy atom. The zero-order valence-corrected chi connectivity index (χ0v) is 16.1. The molecule has 0 spiro atoms. The first-order chi connectivity index (χ1) is 12.7. The van der Waals surface area contributed by atoms with Gasteiger partial charge in [0.05, 0.1) is 0 Å². The molecule has 1 amide bonds. The number of fused-ring (bicyclic) bond motifs is 1. The van der Waals surface area contributed by atoms with Gasteiger partial charge in [0.15, 0.2) is 11.6 Å². The number of aromatic nitrogens is 2. The standard InChI is InChI=1S/C21H24N4O2/c1-11-17-18(13-5-7-14(8-6-13)22-12(2)26)19-15(23-20(17)25-24-11)9-21(3,4)10-16(19)27/h5-8,18H,9-10H2,1-4H3,(H,22,26)(H2,23,24,25)/t18-/m0/s1. The molecule has 2 aliphatic rings. The molecule has 1 atom stereocenters. The summed E-state index contributed by atoms with van der Waals surface area (Å²) in [5.41, 5.74) is 5.51. The van der Waals surface area contributed by atoms with Crippen molar-refractivity contribution in [3.63, 3.8) is 0 Å². The Balaban J connectivity index is 1.83. The van der Waals surface area contributed by atoms with E-state index in [1.54, 1.807) is 0 Å². The van der Waals surface area contributed by atoms with E-state index in [-0.39, 0.29) is 23.0 Å². The average molecular weight is 364 g/mol. The van der Waals surface area contributed by atoms with Crippen LogP contribution in [-0.2, 0) is 9.59 Å². The van der Waals surface area contributed by atoms with Gasteiger partial charge in [-0.3, -0.25) is 14.7 Å². The molecule has 27 heavy (non-hydrogen) atoms. The zero-order valence-electron chi connectivity index (χ0n) is 16.1. The number of hydrogen-bond donors (Lipinski definition) is 3. The number of amides is 1. The highest BCUT2D eigenvalue weighted by atomic mass is 16.1. The number of allylic oxidation sites excluding steroid dienone is 2. The molecule has 140 valence electrons. The van der Waals surface area contributed by atoms with Crippen molar-refractivity contribution in [1.29, 1.82) is 0 Å². The van der Waals surface area contributed by atoms with Crippen LogP contribution >= 0.6 is 0 Å². The fourth-order valence-corrected chi connectivity index (χ4v) is 4.25. The number of nitrogens with zero attached hydrogens (tertiary/aromatic N) is 1. The topological polar surface area (TPSA) is 86.9 Å². The molecule has 0 saturated heterocycles. The van der Waals surface area contributed by atoms with Crippen LogP contribution in [0.3, 0.4) is 0 Å². The van der Waals surface area contributed by atoms with Gasteiger partial charge in [-0.05, 0) is 36.5 Å². The SMILES string of the molecule is CC(=O)Nc1ccc([C@@H]2C3=C(CC(C)(C)CC3=O)Nc3n[nH]c(C)c32)cc1. The second-order valence-corrected chi connectivity index (χ2v) is 8.31. The van der Waals surface area contributed by atoms with Crippen molar-refractivity contribution < 1.29 is 9.59 Å². The second-order valence-electron chi connectivity index (χ2n) is 8.31. The predicted molar refractivity (Wildman–Crippen MR) is 105 cm³/mol. The smallest absolute Gasteiger partial charge is 0.221 e. The Hall–Kier alpha value is -2.89. The van der Waals surface area contributed by atoms with Crippen LogP contribution in [0, 0.1) is 12.3 Å². The molecule has 0 bridgehead atoms. The molecule has 0 saturated carbocycles. The highest BCUT2D eigenvalue weighted by molar-refractivity contribution is 6.01. The monoisotopic (exact) mass is 364 g/mol. The first-order valence-corrected chi connectivity index (χ1v) is 9.21. The van der Waals surface area contributed by atoms with E-state index in [0.29, 0.717) is 6.42 Å². The van der Waals surface area contributed by atoms with Crippen molar-refractivity contribution in [1.82, 2.24) is 10.2 Å².